The molecule has 1 saturated heterocycles. The Morgan fingerprint density at radius 2 is 2.28 bits per heavy atom. The van der Waals surface area contributed by atoms with E-state index in [1.807, 2.05) is 19.1 Å². The van der Waals surface area contributed by atoms with Crippen LogP contribution in [0.15, 0.2) is 12.1 Å². The number of rotatable bonds is 2. The number of aryl methyl sites for hydroxylation is 1. The van der Waals surface area contributed by atoms with Crippen LogP contribution >= 0.6 is 0 Å². The number of hydrogen-bond acceptors (Lipinski definition) is 4. The highest BCUT2D eigenvalue weighted by molar-refractivity contribution is 5.71. The van der Waals surface area contributed by atoms with Crippen molar-refractivity contribution in [2.45, 2.75) is 19.4 Å². The van der Waals surface area contributed by atoms with Crippen LogP contribution in [0.3, 0.4) is 0 Å². The van der Waals surface area contributed by atoms with Crippen LogP contribution in [0.25, 0.3) is 0 Å². The summed E-state index contributed by atoms with van der Waals surface area (Å²) >= 11 is 0. The summed E-state index contributed by atoms with van der Waals surface area (Å²) in [5, 5.41) is 12.2. The van der Waals surface area contributed by atoms with Crippen LogP contribution in [-0.4, -0.2) is 24.4 Å². The molecule has 0 amide bonds. The van der Waals surface area contributed by atoms with E-state index < -0.39 is 5.97 Å². The van der Waals surface area contributed by atoms with Gasteiger partial charge in [0, 0.05) is 12.6 Å². The molecule has 0 saturated carbocycles. The number of aliphatic carboxylic acids is 1. The summed E-state index contributed by atoms with van der Waals surface area (Å²) in [7, 11) is 0. The number of nitrogens with one attached hydrogen (secondary N) is 1. The van der Waals surface area contributed by atoms with Gasteiger partial charge in [-0.2, -0.15) is 0 Å². The standard InChI is InChI=1S/C13H15NO4/c1-7-2-8(4-11-12(7)18-6-17-11)10-3-9(5-14-10)13(15)16/h2,4,9-10,14H,3,5-6H2,1H3,(H,15,16). The van der Waals surface area contributed by atoms with Gasteiger partial charge < -0.3 is 19.9 Å². The third kappa shape index (κ3) is 1.80. The Labute approximate surface area is 105 Å². The number of fused-ring (bicyclic) bond motifs is 1. The van der Waals surface area contributed by atoms with E-state index in [-0.39, 0.29) is 18.8 Å². The summed E-state index contributed by atoms with van der Waals surface area (Å²) in [6.07, 6.45) is 0.619. The molecule has 2 unspecified atom stereocenters. The SMILES string of the molecule is Cc1cc(C2CC(C(=O)O)CN2)cc2c1OCO2. The topological polar surface area (TPSA) is 67.8 Å². The number of ether oxygens (including phenoxy) is 2. The first-order chi connectivity index (χ1) is 8.65. The molecule has 2 N–H and O–H groups in total. The van der Waals surface area contributed by atoms with Gasteiger partial charge in [-0.05, 0) is 30.5 Å². The van der Waals surface area contributed by atoms with Gasteiger partial charge in [0.05, 0.1) is 5.92 Å². The molecule has 0 radical (unpaired) electrons. The van der Waals surface area contributed by atoms with E-state index in [2.05, 4.69) is 5.32 Å². The van der Waals surface area contributed by atoms with Crippen molar-refractivity contribution in [1.82, 2.24) is 5.32 Å². The normalized spacial score (nSPS) is 25.4. The largest absolute Gasteiger partial charge is 0.481 e. The van der Waals surface area contributed by atoms with Gasteiger partial charge in [0.2, 0.25) is 6.79 Å². The Kier molecular flexibility index (Phi) is 2.63. The van der Waals surface area contributed by atoms with Crippen LogP contribution in [0.4, 0.5) is 0 Å². The van der Waals surface area contributed by atoms with Crippen LogP contribution in [0, 0.1) is 12.8 Å². The third-order valence-corrected chi connectivity index (χ3v) is 3.56. The molecule has 2 aliphatic heterocycles. The summed E-state index contributed by atoms with van der Waals surface area (Å²) in [5.74, 6) is 0.514. The van der Waals surface area contributed by atoms with Crippen molar-refractivity contribution in [3.63, 3.8) is 0 Å². The van der Waals surface area contributed by atoms with Crippen LogP contribution in [-0.2, 0) is 4.79 Å². The molecular weight excluding hydrogens is 234 g/mol. The van der Waals surface area contributed by atoms with Crippen molar-refractivity contribution >= 4 is 5.97 Å². The number of hydrogen-bond donors (Lipinski definition) is 2. The molecule has 2 heterocycles. The lowest BCUT2D eigenvalue weighted by Gasteiger charge is -2.12. The second kappa shape index (κ2) is 4.17. The van der Waals surface area contributed by atoms with Crippen molar-refractivity contribution < 1.29 is 19.4 Å². The fourth-order valence-electron chi connectivity index (χ4n) is 2.59. The summed E-state index contributed by atoms with van der Waals surface area (Å²) in [4.78, 5) is 10.9. The van der Waals surface area contributed by atoms with Gasteiger partial charge in [0.25, 0.3) is 0 Å². The maximum atomic E-state index is 10.9. The van der Waals surface area contributed by atoms with Gasteiger partial charge >= 0.3 is 5.97 Å². The van der Waals surface area contributed by atoms with Gasteiger partial charge in [-0.3, -0.25) is 4.79 Å². The Morgan fingerprint density at radius 3 is 3.00 bits per heavy atom. The molecule has 0 bridgehead atoms. The van der Waals surface area contributed by atoms with Crippen LogP contribution in [0.5, 0.6) is 11.5 Å². The van der Waals surface area contributed by atoms with E-state index in [0.29, 0.717) is 13.0 Å². The fraction of sp³-hybridized carbons (Fsp3) is 0.462. The molecule has 1 fully saturated rings. The van der Waals surface area contributed by atoms with E-state index in [9.17, 15) is 4.79 Å². The molecule has 0 spiro atoms. The minimum atomic E-state index is -0.734. The van der Waals surface area contributed by atoms with Crippen molar-refractivity contribution in [2.75, 3.05) is 13.3 Å². The van der Waals surface area contributed by atoms with Gasteiger partial charge in [0.15, 0.2) is 11.5 Å². The molecule has 96 valence electrons. The van der Waals surface area contributed by atoms with Crippen LogP contribution < -0.4 is 14.8 Å². The predicted octanol–water partition coefficient (Wildman–Crippen LogP) is 1.46. The Hall–Kier alpha value is -1.75. The van der Waals surface area contributed by atoms with Crippen LogP contribution in [0.2, 0.25) is 0 Å². The lowest BCUT2D eigenvalue weighted by molar-refractivity contribution is -0.141. The average molecular weight is 249 g/mol. The first-order valence-corrected chi connectivity index (χ1v) is 6.01. The quantitative estimate of drug-likeness (QED) is 0.830. The van der Waals surface area contributed by atoms with E-state index in [1.54, 1.807) is 0 Å². The zero-order chi connectivity index (χ0) is 12.7. The van der Waals surface area contributed by atoms with Gasteiger partial charge in [0.1, 0.15) is 0 Å². The summed E-state index contributed by atoms with van der Waals surface area (Å²) in [6.45, 7) is 2.75. The predicted molar refractivity (Wildman–Crippen MR) is 63.8 cm³/mol. The second-order valence-corrected chi connectivity index (χ2v) is 4.80. The van der Waals surface area contributed by atoms with E-state index in [0.717, 1.165) is 22.6 Å². The fourth-order valence-corrected chi connectivity index (χ4v) is 2.59. The Bertz CT molecular complexity index is 500. The Balaban J connectivity index is 1.86. The smallest absolute Gasteiger partial charge is 0.307 e. The van der Waals surface area contributed by atoms with E-state index >= 15 is 0 Å². The summed E-state index contributed by atoms with van der Waals surface area (Å²) in [6, 6.07) is 4.06. The first-order valence-electron chi connectivity index (χ1n) is 6.01. The molecule has 2 aliphatic rings. The van der Waals surface area contributed by atoms with Crippen LogP contribution in [0.1, 0.15) is 23.6 Å². The molecule has 5 heteroatoms. The number of carbonyl (C=O) groups is 1. The summed E-state index contributed by atoms with van der Waals surface area (Å²) in [5.41, 5.74) is 2.10. The lowest BCUT2D eigenvalue weighted by Crippen LogP contribution is -2.17. The van der Waals surface area contributed by atoms with Gasteiger partial charge in [-0.1, -0.05) is 6.07 Å². The lowest BCUT2D eigenvalue weighted by atomic mass is 9.98. The highest BCUT2D eigenvalue weighted by atomic mass is 16.7. The highest BCUT2D eigenvalue weighted by Gasteiger charge is 2.31. The maximum absolute atomic E-state index is 10.9. The second-order valence-electron chi connectivity index (χ2n) is 4.80. The van der Waals surface area contributed by atoms with E-state index in [4.69, 9.17) is 14.6 Å². The minimum absolute atomic E-state index is 0.0827. The number of carboxylic acid groups (broad SMARTS) is 1. The van der Waals surface area contributed by atoms with Gasteiger partial charge in [-0.15, -0.1) is 0 Å². The zero-order valence-corrected chi connectivity index (χ0v) is 10.1. The minimum Gasteiger partial charge on any atom is -0.481 e. The molecule has 0 aliphatic carbocycles. The highest BCUT2D eigenvalue weighted by Crippen LogP contribution is 2.39. The molecule has 0 aromatic heterocycles. The molecule has 1 aromatic rings. The average Bonchev–Trinajstić information content (AvgIpc) is 2.97. The third-order valence-electron chi connectivity index (χ3n) is 3.56. The van der Waals surface area contributed by atoms with E-state index in [1.165, 1.54) is 0 Å². The maximum Gasteiger partial charge on any atom is 0.307 e. The zero-order valence-electron chi connectivity index (χ0n) is 10.1. The first kappa shape index (κ1) is 11.3. The molecular formula is C13H15NO4. The monoisotopic (exact) mass is 249 g/mol. The number of carboxylic acids is 1. The molecule has 5 nitrogen and oxygen atoms in total. The molecule has 3 rings (SSSR count). The molecule has 18 heavy (non-hydrogen) atoms. The Morgan fingerprint density at radius 1 is 1.44 bits per heavy atom. The van der Waals surface area contributed by atoms with Crippen molar-refractivity contribution in [2.24, 2.45) is 5.92 Å². The summed E-state index contributed by atoms with van der Waals surface area (Å²) < 4.78 is 10.8. The van der Waals surface area contributed by atoms with Gasteiger partial charge in [-0.25, -0.2) is 0 Å². The number of benzene rings is 1. The molecule has 1 aromatic carbocycles. The van der Waals surface area contributed by atoms with Crippen molar-refractivity contribution in [3.8, 4) is 11.5 Å². The van der Waals surface area contributed by atoms with Crippen molar-refractivity contribution in [1.29, 1.82) is 0 Å². The molecule has 2 atom stereocenters. The van der Waals surface area contributed by atoms with Crippen molar-refractivity contribution in [3.05, 3.63) is 23.3 Å².